The van der Waals surface area contributed by atoms with Gasteiger partial charge in [0.05, 0.1) is 16.2 Å². The number of benzene rings is 4. The average Bonchev–Trinajstić information content (AvgIpc) is 3.28. The molecule has 198 valence electrons. The molecule has 0 aromatic heterocycles. The number of nitrogens with zero attached hydrogens (tertiary/aromatic N) is 1. The first-order valence-corrected chi connectivity index (χ1v) is 14.2. The summed E-state index contributed by atoms with van der Waals surface area (Å²) in [6.45, 7) is 3.91. The highest BCUT2D eigenvalue weighted by Gasteiger charge is 2.30. The average molecular weight is 539 g/mol. The van der Waals surface area contributed by atoms with Gasteiger partial charge in [-0.15, -0.1) is 0 Å². The SMILES string of the molecule is CCN(C)Cc1ccc(NC(=C2C(=O)Nc3ccc(S(=O)(=O)Nc4ccccc4)cc32)c2ccccc2)cc1. The lowest BCUT2D eigenvalue weighted by molar-refractivity contribution is -0.110. The molecule has 0 unspecified atom stereocenters. The van der Waals surface area contributed by atoms with E-state index in [0.29, 0.717) is 28.2 Å². The van der Waals surface area contributed by atoms with E-state index >= 15 is 0 Å². The Hall–Kier alpha value is -4.40. The van der Waals surface area contributed by atoms with Crippen molar-refractivity contribution in [2.75, 3.05) is 28.9 Å². The summed E-state index contributed by atoms with van der Waals surface area (Å²) < 4.78 is 29.0. The van der Waals surface area contributed by atoms with E-state index in [2.05, 4.69) is 46.4 Å². The number of anilines is 3. The van der Waals surface area contributed by atoms with E-state index in [4.69, 9.17) is 0 Å². The van der Waals surface area contributed by atoms with Crippen molar-refractivity contribution < 1.29 is 13.2 Å². The minimum absolute atomic E-state index is 0.0657. The first kappa shape index (κ1) is 26.2. The van der Waals surface area contributed by atoms with Crippen LogP contribution in [0.2, 0.25) is 0 Å². The third kappa shape index (κ3) is 5.87. The molecule has 1 heterocycles. The molecule has 0 saturated heterocycles. The molecule has 8 heteroatoms. The Balaban J connectivity index is 1.56. The van der Waals surface area contributed by atoms with Gasteiger partial charge in [-0.3, -0.25) is 9.52 Å². The van der Waals surface area contributed by atoms with Crippen molar-refractivity contribution in [2.45, 2.75) is 18.4 Å². The summed E-state index contributed by atoms with van der Waals surface area (Å²) in [6.07, 6.45) is 0. The monoisotopic (exact) mass is 538 g/mol. The van der Waals surface area contributed by atoms with Crippen LogP contribution < -0.4 is 15.4 Å². The van der Waals surface area contributed by atoms with Gasteiger partial charge < -0.3 is 15.5 Å². The highest BCUT2D eigenvalue weighted by Crippen LogP contribution is 2.39. The van der Waals surface area contributed by atoms with Gasteiger partial charge in [-0.2, -0.15) is 0 Å². The van der Waals surface area contributed by atoms with Crippen molar-refractivity contribution in [1.29, 1.82) is 0 Å². The molecule has 5 rings (SSSR count). The third-order valence-electron chi connectivity index (χ3n) is 6.60. The number of sulfonamides is 1. The standard InChI is InChI=1S/C31H30N4O3S/c1-3-35(2)21-22-14-16-24(17-15-22)32-30(23-10-6-4-7-11-23)29-27-20-26(18-19-28(27)33-31(29)36)39(37,38)34-25-12-8-5-9-13-25/h4-20,32,34H,3,21H2,1-2H3,(H,33,36). The Bertz CT molecular complexity index is 1620. The van der Waals surface area contributed by atoms with Gasteiger partial charge in [-0.05, 0) is 67.2 Å². The van der Waals surface area contributed by atoms with Gasteiger partial charge in [-0.1, -0.05) is 67.6 Å². The third-order valence-corrected chi connectivity index (χ3v) is 7.98. The van der Waals surface area contributed by atoms with E-state index < -0.39 is 10.0 Å². The fourth-order valence-corrected chi connectivity index (χ4v) is 5.51. The number of nitrogens with one attached hydrogen (secondary N) is 3. The summed E-state index contributed by atoms with van der Waals surface area (Å²) in [5.74, 6) is -0.303. The number of para-hydroxylation sites is 1. The van der Waals surface area contributed by atoms with Crippen LogP contribution >= 0.6 is 0 Å². The maximum Gasteiger partial charge on any atom is 0.261 e. The van der Waals surface area contributed by atoms with Gasteiger partial charge in [0.15, 0.2) is 0 Å². The van der Waals surface area contributed by atoms with E-state index in [1.54, 1.807) is 36.4 Å². The van der Waals surface area contributed by atoms with E-state index in [1.807, 2.05) is 48.5 Å². The maximum absolute atomic E-state index is 13.3. The van der Waals surface area contributed by atoms with Gasteiger partial charge in [-0.25, -0.2) is 8.42 Å². The van der Waals surface area contributed by atoms with Crippen LogP contribution in [0.15, 0.2) is 108 Å². The smallest absolute Gasteiger partial charge is 0.261 e. The Morgan fingerprint density at radius 3 is 2.18 bits per heavy atom. The van der Waals surface area contributed by atoms with Crippen molar-refractivity contribution in [3.05, 3.63) is 120 Å². The molecule has 0 aliphatic carbocycles. The van der Waals surface area contributed by atoms with Crippen LogP contribution in [0.1, 0.15) is 23.6 Å². The molecule has 1 aliphatic rings. The Labute approximate surface area is 229 Å². The van der Waals surface area contributed by atoms with Crippen LogP contribution in [0.25, 0.3) is 11.3 Å². The normalized spacial score (nSPS) is 14.1. The van der Waals surface area contributed by atoms with E-state index in [1.165, 1.54) is 11.6 Å². The summed E-state index contributed by atoms with van der Waals surface area (Å²) in [5, 5.41) is 6.33. The molecule has 1 amide bonds. The first-order valence-electron chi connectivity index (χ1n) is 12.7. The van der Waals surface area contributed by atoms with Crippen molar-refractivity contribution in [2.24, 2.45) is 0 Å². The summed E-state index contributed by atoms with van der Waals surface area (Å²) in [4.78, 5) is 15.6. The largest absolute Gasteiger partial charge is 0.354 e. The minimum Gasteiger partial charge on any atom is -0.354 e. The molecule has 0 spiro atoms. The lowest BCUT2D eigenvalue weighted by Crippen LogP contribution is -2.16. The summed E-state index contributed by atoms with van der Waals surface area (Å²) >= 11 is 0. The topological polar surface area (TPSA) is 90.5 Å². The molecular weight excluding hydrogens is 508 g/mol. The zero-order valence-electron chi connectivity index (χ0n) is 21.8. The van der Waals surface area contributed by atoms with E-state index in [-0.39, 0.29) is 10.8 Å². The predicted molar refractivity (Wildman–Crippen MR) is 158 cm³/mol. The Kier molecular flexibility index (Phi) is 7.49. The molecule has 3 N–H and O–H groups in total. The summed E-state index contributed by atoms with van der Waals surface area (Å²) in [5.41, 5.74) is 5.32. The first-order chi connectivity index (χ1) is 18.8. The fraction of sp³-hybridized carbons (Fsp3) is 0.129. The lowest BCUT2D eigenvalue weighted by atomic mass is 10.00. The second kappa shape index (κ2) is 11.1. The molecule has 39 heavy (non-hydrogen) atoms. The van der Waals surface area contributed by atoms with Crippen LogP contribution in [-0.2, 0) is 21.4 Å². The van der Waals surface area contributed by atoms with Crippen LogP contribution in [0, 0.1) is 0 Å². The molecule has 0 fully saturated rings. The van der Waals surface area contributed by atoms with Gasteiger partial charge in [0.25, 0.3) is 15.9 Å². The van der Waals surface area contributed by atoms with Gasteiger partial charge in [0.1, 0.15) is 0 Å². The summed E-state index contributed by atoms with van der Waals surface area (Å²) in [7, 11) is -1.80. The molecule has 0 atom stereocenters. The molecule has 0 radical (unpaired) electrons. The number of carbonyl (C=O) groups is 1. The zero-order chi connectivity index (χ0) is 27.4. The van der Waals surface area contributed by atoms with Crippen LogP contribution in [0.5, 0.6) is 0 Å². The summed E-state index contributed by atoms with van der Waals surface area (Å²) in [6, 6.07) is 31.0. The number of hydrogen-bond acceptors (Lipinski definition) is 5. The van der Waals surface area contributed by atoms with Gasteiger partial charge in [0, 0.05) is 29.2 Å². The van der Waals surface area contributed by atoms with Crippen LogP contribution in [0.4, 0.5) is 17.1 Å². The maximum atomic E-state index is 13.3. The Morgan fingerprint density at radius 1 is 0.846 bits per heavy atom. The predicted octanol–water partition coefficient (Wildman–Crippen LogP) is 5.87. The van der Waals surface area contributed by atoms with Crippen LogP contribution in [0.3, 0.4) is 0 Å². The fourth-order valence-electron chi connectivity index (χ4n) is 4.43. The van der Waals surface area contributed by atoms with Crippen molar-refractivity contribution in [1.82, 2.24) is 4.90 Å². The lowest BCUT2D eigenvalue weighted by Gasteiger charge is -2.17. The number of amides is 1. The number of fused-ring (bicyclic) bond motifs is 1. The van der Waals surface area contributed by atoms with Crippen molar-refractivity contribution >= 4 is 44.3 Å². The molecule has 0 saturated carbocycles. The van der Waals surface area contributed by atoms with Gasteiger partial charge in [0.2, 0.25) is 0 Å². The van der Waals surface area contributed by atoms with Gasteiger partial charge >= 0.3 is 0 Å². The minimum atomic E-state index is -3.88. The molecule has 4 aromatic carbocycles. The molecule has 4 aromatic rings. The Morgan fingerprint density at radius 2 is 1.51 bits per heavy atom. The number of hydrogen-bond donors (Lipinski definition) is 3. The zero-order valence-corrected chi connectivity index (χ0v) is 22.6. The van der Waals surface area contributed by atoms with E-state index in [9.17, 15) is 13.2 Å². The van der Waals surface area contributed by atoms with Crippen molar-refractivity contribution in [3.8, 4) is 0 Å². The number of carbonyl (C=O) groups excluding carboxylic acids is 1. The second-order valence-corrected chi connectivity index (χ2v) is 11.1. The van der Waals surface area contributed by atoms with E-state index in [0.717, 1.165) is 24.3 Å². The second-order valence-electron chi connectivity index (χ2n) is 9.40. The highest BCUT2D eigenvalue weighted by atomic mass is 32.2. The number of rotatable bonds is 9. The quantitative estimate of drug-likeness (QED) is 0.232. The molecular formula is C31H30N4O3S. The van der Waals surface area contributed by atoms with Crippen LogP contribution in [-0.4, -0.2) is 32.8 Å². The van der Waals surface area contributed by atoms with Crippen molar-refractivity contribution in [3.63, 3.8) is 0 Å². The molecule has 1 aliphatic heterocycles. The highest BCUT2D eigenvalue weighted by molar-refractivity contribution is 7.92. The molecule has 0 bridgehead atoms. The molecule has 7 nitrogen and oxygen atoms in total.